The number of amides is 1. The Balaban J connectivity index is 1.44. The van der Waals surface area contributed by atoms with E-state index in [4.69, 9.17) is 9.15 Å². The van der Waals surface area contributed by atoms with Gasteiger partial charge in [-0.3, -0.25) is 9.59 Å². The Morgan fingerprint density at radius 3 is 2.77 bits per heavy atom. The van der Waals surface area contributed by atoms with Crippen LogP contribution in [-0.2, 0) is 10.5 Å². The quantitative estimate of drug-likeness (QED) is 0.264. The van der Waals surface area contributed by atoms with Crippen LogP contribution in [0, 0.1) is 0 Å². The molecule has 0 aliphatic carbocycles. The number of aromatic nitrogens is 2. The van der Waals surface area contributed by atoms with Gasteiger partial charge in [-0.2, -0.15) is 0 Å². The molecule has 4 aromatic rings. The smallest absolute Gasteiger partial charge is 0.344 e. The second-order valence-corrected chi connectivity index (χ2v) is 8.53. The van der Waals surface area contributed by atoms with E-state index in [9.17, 15) is 14.4 Å². The Morgan fingerprint density at radius 1 is 1.16 bits per heavy atom. The van der Waals surface area contributed by atoms with Crippen molar-refractivity contribution in [3.63, 3.8) is 0 Å². The topological polar surface area (TPSA) is 111 Å². The Morgan fingerprint density at radius 2 is 1.97 bits per heavy atom. The average Bonchev–Trinajstić information content (AvgIpc) is 3.20. The van der Waals surface area contributed by atoms with Crippen LogP contribution in [-0.4, -0.2) is 22.1 Å². The van der Waals surface area contributed by atoms with Gasteiger partial charge < -0.3 is 14.5 Å². The molecule has 2 aromatic heterocycles. The number of anilines is 1. The van der Waals surface area contributed by atoms with E-state index in [1.54, 1.807) is 12.1 Å². The highest BCUT2D eigenvalue weighted by Crippen LogP contribution is 2.28. The average molecular weight is 454 g/mol. The van der Waals surface area contributed by atoms with Gasteiger partial charge in [0, 0.05) is 13.0 Å². The third kappa shape index (κ3) is 4.98. The van der Waals surface area contributed by atoms with E-state index < -0.39 is 11.4 Å². The van der Waals surface area contributed by atoms with Crippen molar-refractivity contribution in [2.24, 2.45) is 0 Å². The first kappa shape index (κ1) is 20.8. The maximum Gasteiger partial charge on any atom is 0.344 e. The number of nitrogens with one attached hydrogen (secondary N) is 1. The molecule has 0 aliphatic heterocycles. The minimum atomic E-state index is -0.634. The van der Waals surface area contributed by atoms with Crippen molar-refractivity contribution in [1.82, 2.24) is 10.2 Å². The van der Waals surface area contributed by atoms with Crippen molar-refractivity contribution in [1.29, 1.82) is 0 Å². The number of fused-ring (bicyclic) bond motifs is 1. The number of hydrogen-bond donors (Lipinski definition) is 1. The summed E-state index contributed by atoms with van der Waals surface area (Å²) in [5.74, 6) is -0.341. The lowest BCUT2D eigenvalue weighted by molar-refractivity contribution is -0.114. The van der Waals surface area contributed by atoms with Crippen LogP contribution in [0.3, 0.4) is 0 Å². The molecule has 0 saturated heterocycles. The van der Waals surface area contributed by atoms with Gasteiger partial charge in [0.15, 0.2) is 4.34 Å². The van der Waals surface area contributed by atoms with Gasteiger partial charge in [0.2, 0.25) is 22.2 Å². The highest BCUT2D eigenvalue weighted by atomic mass is 32.2. The van der Waals surface area contributed by atoms with Crippen LogP contribution < -0.4 is 15.5 Å². The maximum absolute atomic E-state index is 12.6. The molecule has 4 rings (SSSR count). The highest BCUT2D eigenvalue weighted by molar-refractivity contribution is 8.00. The molecule has 1 N–H and O–H groups in total. The molecule has 31 heavy (non-hydrogen) atoms. The number of ether oxygens (including phenoxy) is 1. The SMILES string of the molecule is CC(=O)Nc1nnc(SCc2cc(=O)c(OC(=O)c3cccc4ccccc34)co2)s1. The van der Waals surface area contributed by atoms with E-state index >= 15 is 0 Å². The van der Waals surface area contributed by atoms with Gasteiger partial charge in [0.25, 0.3) is 0 Å². The molecule has 0 atom stereocenters. The van der Waals surface area contributed by atoms with Crippen LogP contribution in [0.4, 0.5) is 5.13 Å². The van der Waals surface area contributed by atoms with E-state index in [2.05, 4.69) is 15.5 Å². The number of hydrogen-bond acceptors (Lipinski definition) is 9. The van der Waals surface area contributed by atoms with Crippen molar-refractivity contribution >= 4 is 50.9 Å². The molecule has 10 heteroatoms. The van der Waals surface area contributed by atoms with Crippen LogP contribution in [0.25, 0.3) is 10.8 Å². The van der Waals surface area contributed by atoms with E-state index in [1.165, 1.54) is 36.1 Å². The lowest BCUT2D eigenvalue weighted by atomic mass is 10.1. The van der Waals surface area contributed by atoms with Gasteiger partial charge in [0.05, 0.1) is 11.3 Å². The van der Waals surface area contributed by atoms with Crippen molar-refractivity contribution in [2.75, 3.05) is 5.32 Å². The predicted molar refractivity (Wildman–Crippen MR) is 118 cm³/mol. The van der Waals surface area contributed by atoms with Crippen molar-refractivity contribution in [3.8, 4) is 5.75 Å². The number of nitrogens with zero attached hydrogens (tertiary/aromatic N) is 2. The molecule has 0 unspecified atom stereocenters. The number of benzene rings is 2. The number of carbonyl (C=O) groups is 2. The molecular formula is C21H15N3O5S2. The fourth-order valence-electron chi connectivity index (χ4n) is 2.75. The summed E-state index contributed by atoms with van der Waals surface area (Å²) in [6, 6.07) is 14.0. The molecule has 2 heterocycles. The van der Waals surface area contributed by atoms with Gasteiger partial charge in [-0.05, 0) is 16.8 Å². The maximum atomic E-state index is 12.6. The fourth-order valence-corrected chi connectivity index (χ4v) is 4.44. The number of esters is 1. The van der Waals surface area contributed by atoms with Gasteiger partial charge in [-0.15, -0.1) is 10.2 Å². The molecule has 8 nitrogen and oxygen atoms in total. The van der Waals surface area contributed by atoms with Gasteiger partial charge in [0.1, 0.15) is 12.0 Å². The molecule has 0 spiro atoms. The number of carbonyl (C=O) groups excluding carboxylic acids is 2. The Bertz CT molecular complexity index is 1330. The van der Waals surface area contributed by atoms with Gasteiger partial charge in [-0.1, -0.05) is 59.5 Å². The van der Waals surface area contributed by atoms with Crippen molar-refractivity contribution in [3.05, 3.63) is 76.3 Å². The zero-order valence-electron chi connectivity index (χ0n) is 16.2. The third-order valence-electron chi connectivity index (χ3n) is 4.09. The number of rotatable bonds is 6. The first-order chi connectivity index (χ1) is 15.0. The summed E-state index contributed by atoms with van der Waals surface area (Å²) in [4.78, 5) is 36.0. The van der Waals surface area contributed by atoms with Crippen LogP contribution in [0.5, 0.6) is 5.75 Å². The first-order valence-electron chi connectivity index (χ1n) is 9.05. The summed E-state index contributed by atoms with van der Waals surface area (Å²) >= 11 is 2.52. The summed E-state index contributed by atoms with van der Waals surface area (Å²) in [5, 5.41) is 12.4. The van der Waals surface area contributed by atoms with E-state index in [0.717, 1.165) is 17.0 Å². The standard InChI is InChI=1S/C21H15N3O5S2/c1-12(25)22-20-23-24-21(31-20)30-11-14-9-17(26)18(10-28-14)29-19(27)16-8-4-6-13-5-2-3-7-15(13)16/h2-10H,11H2,1H3,(H,22,23,25). The highest BCUT2D eigenvalue weighted by Gasteiger charge is 2.15. The summed E-state index contributed by atoms with van der Waals surface area (Å²) in [6.45, 7) is 1.39. The normalized spacial score (nSPS) is 10.7. The first-order valence-corrected chi connectivity index (χ1v) is 10.9. The zero-order chi connectivity index (χ0) is 21.8. The molecule has 1 amide bonds. The molecule has 156 valence electrons. The minimum Gasteiger partial charge on any atom is -0.464 e. The van der Waals surface area contributed by atoms with Crippen LogP contribution >= 0.6 is 23.1 Å². The molecule has 0 aliphatic rings. The Kier molecular flexibility index (Phi) is 6.10. The second kappa shape index (κ2) is 9.11. The number of thioether (sulfide) groups is 1. The largest absolute Gasteiger partial charge is 0.464 e. The van der Waals surface area contributed by atoms with E-state index in [-0.39, 0.29) is 11.7 Å². The lowest BCUT2D eigenvalue weighted by Crippen LogP contribution is -2.15. The lowest BCUT2D eigenvalue weighted by Gasteiger charge is -2.07. The molecule has 0 fully saturated rings. The predicted octanol–water partition coefficient (Wildman–Crippen LogP) is 4.11. The van der Waals surface area contributed by atoms with Crippen LogP contribution in [0.1, 0.15) is 23.0 Å². The molecule has 0 radical (unpaired) electrons. The zero-order valence-corrected chi connectivity index (χ0v) is 17.8. The fraction of sp³-hybridized carbons (Fsp3) is 0.0952. The van der Waals surface area contributed by atoms with Crippen molar-refractivity contribution in [2.45, 2.75) is 17.0 Å². The van der Waals surface area contributed by atoms with Crippen LogP contribution in [0.15, 0.2) is 68.3 Å². The van der Waals surface area contributed by atoms with Gasteiger partial charge in [-0.25, -0.2) is 4.79 Å². The second-order valence-electron chi connectivity index (χ2n) is 6.33. The monoisotopic (exact) mass is 453 g/mol. The minimum absolute atomic E-state index is 0.185. The summed E-state index contributed by atoms with van der Waals surface area (Å²) in [7, 11) is 0. The molecular weight excluding hydrogens is 438 g/mol. The van der Waals surface area contributed by atoms with Gasteiger partial charge >= 0.3 is 5.97 Å². The molecule has 2 aromatic carbocycles. The summed E-state index contributed by atoms with van der Waals surface area (Å²) < 4.78 is 11.3. The Labute approximate surface area is 184 Å². The third-order valence-corrected chi connectivity index (χ3v) is 6.09. The Hall–Kier alpha value is -3.50. The summed E-state index contributed by atoms with van der Waals surface area (Å²) in [6.07, 6.45) is 1.13. The van der Waals surface area contributed by atoms with Crippen LogP contribution in [0.2, 0.25) is 0 Å². The van der Waals surface area contributed by atoms with E-state index in [1.807, 2.05) is 30.3 Å². The van der Waals surface area contributed by atoms with Crippen molar-refractivity contribution < 1.29 is 18.7 Å². The summed E-state index contributed by atoms with van der Waals surface area (Å²) in [5.41, 5.74) is -0.102. The van der Waals surface area contributed by atoms with E-state index in [0.29, 0.717) is 26.5 Å². The molecule has 0 bridgehead atoms. The molecule has 0 saturated carbocycles.